The van der Waals surface area contributed by atoms with Crippen LogP contribution in [0.25, 0.3) is 11.3 Å². The molecule has 10 heteroatoms. The van der Waals surface area contributed by atoms with Gasteiger partial charge in [-0.25, -0.2) is 17.1 Å². The monoisotopic (exact) mass is 389 g/mol. The van der Waals surface area contributed by atoms with Crippen molar-refractivity contribution in [3.05, 3.63) is 29.0 Å². The number of carbonyl (C=O) groups excluding carboxylic acids is 1. The average Bonchev–Trinajstić information content (AvgIpc) is 3.00. The van der Waals surface area contributed by atoms with E-state index < -0.39 is 39.1 Å². The number of rotatable bonds is 3. The maximum atomic E-state index is 14.2. The molecule has 0 amide bonds. The summed E-state index contributed by atoms with van der Waals surface area (Å²) in [6.07, 6.45) is 0.332. The maximum absolute atomic E-state index is 14.2. The fourth-order valence-corrected chi connectivity index (χ4v) is 4.29. The highest BCUT2D eigenvalue weighted by Crippen LogP contribution is 2.50. The second-order valence-corrected chi connectivity index (χ2v) is 7.77. The van der Waals surface area contributed by atoms with Crippen molar-refractivity contribution in [1.82, 2.24) is 0 Å². The number of benzene rings is 1. The lowest BCUT2D eigenvalue weighted by molar-refractivity contribution is -0.132. The number of aromatic hydroxyl groups is 1. The molecule has 1 aromatic heterocycles. The second kappa shape index (κ2) is 6.23. The van der Waals surface area contributed by atoms with Gasteiger partial charge in [-0.15, -0.1) is 0 Å². The van der Waals surface area contributed by atoms with Crippen LogP contribution < -0.4 is 9.04 Å². The van der Waals surface area contributed by atoms with Crippen molar-refractivity contribution < 1.29 is 31.9 Å². The number of esters is 1. The molecule has 2 aromatic rings. The highest BCUT2D eigenvalue weighted by molar-refractivity contribution is 7.93. The highest BCUT2D eigenvalue weighted by Gasteiger charge is 2.37. The summed E-state index contributed by atoms with van der Waals surface area (Å²) in [4.78, 5) is 11.3. The van der Waals surface area contributed by atoms with Gasteiger partial charge in [0.05, 0.1) is 16.3 Å². The van der Waals surface area contributed by atoms with Gasteiger partial charge in [-0.1, -0.05) is 17.7 Å². The van der Waals surface area contributed by atoms with Crippen molar-refractivity contribution in [1.29, 1.82) is 0 Å². The first kappa shape index (κ1) is 17.6. The lowest BCUT2D eigenvalue weighted by Crippen LogP contribution is -2.25. The van der Waals surface area contributed by atoms with Gasteiger partial charge in [0.25, 0.3) is 5.88 Å². The molecule has 0 aliphatic carbocycles. The van der Waals surface area contributed by atoms with E-state index in [9.17, 15) is 22.7 Å². The Hall–Kier alpha value is -2.26. The molecule has 0 radical (unpaired) electrons. The van der Waals surface area contributed by atoms with Crippen molar-refractivity contribution in [3.8, 4) is 22.8 Å². The van der Waals surface area contributed by atoms with Gasteiger partial charge in [0.2, 0.25) is 21.5 Å². The van der Waals surface area contributed by atoms with Crippen molar-refractivity contribution in [2.45, 2.75) is 13.3 Å². The van der Waals surface area contributed by atoms with Gasteiger partial charge in [-0.05, 0) is 18.6 Å². The second-order valence-electron chi connectivity index (χ2n) is 5.35. The quantitative estimate of drug-likeness (QED) is 0.811. The molecule has 0 bridgehead atoms. The summed E-state index contributed by atoms with van der Waals surface area (Å²) in [7, 11) is -3.69. The minimum atomic E-state index is -3.69. The number of anilines is 1. The van der Waals surface area contributed by atoms with E-state index >= 15 is 0 Å². The number of hydrogen-bond acceptors (Lipinski definition) is 6. The normalized spacial score (nSPS) is 16.2. The number of halogens is 2. The van der Waals surface area contributed by atoms with Gasteiger partial charge in [-0.2, -0.15) is 0 Å². The largest absolute Gasteiger partial charge is 0.502 e. The predicted octanol–water partition coefficient (Wildman–Crippen LogP) is 2.91. The van der Waals surface area contributed by atoms with E-state index in [2.05, 4.69) is 0 Å². The number of ether oxygens (including phenoxy) is 1. The van der Waals surface area contributed by atoms with Crippen molar-refractivity contribution in [2.75, 3.05) is 16.6 Å². The van der Waals surface area contributed by atoms with Crippen LogP contribution in [-0.4, -0.2) is 31.8 Å². The minimum absolute atomic E-state index is 0.0609. The summed E-state index contributed by atoms with van der Waals surface area (Å²) in [5.74, 6) is -3.73. The van der Waals surface area contributed by atoms with Crippen molar-refractivity contribution in [3.63, 3.8) is 0 Å². The lowest BCUT2D eigenvalue weighted by Gasteiger charge is -2.14. The number of furan rings is 1. The Kier molecular flexibility index (Phi) is 4.38. The van der Waals surface area contributed by atoms with Crippen LogP contribution >= 0.6 is 11.6 Å². The van der Waals surface area contributed by atoms with E-state index in [1.807, 2.05) is 0 Å². The molecular formula is C15H13ClFNO6S. The Morgan fingerprint density at radius 2 is 2.16 bits per heavy atom. The van der Waals surface area contributed by atoms with Crippen molar-refractivity contribution >= 4 is 33.5 Å². The Morgan fingerprint density at radius 1 is 1.44 bits per heavy atom. The SMILES string of the molecule is CC(=O)Oc1c(N2CCCS2(=O)=O)oc(-c2c(F)cccc2Cl)c1O. The van der Waals surface area contributed by atoms with Crippen LogP contribution in [0.5, 0.6) is 11.5 Å². The molecule has 0 saturated carbocycles. The van der Waals surface area contributed by atoms with Gasteiger partial charge >= 0.3 is 5.97 Å². The third kappa shape index (κ3) is 3.05. The third-order valence-corrected chi connectivity index (χ3v) is 5.72. The van der Waals surface area contributed by atoms with Gasteiger partial charge in [0.15, 0.2) is 5.76 Å². The standard InChI is InChI=1S/C15H13ClFNO6S/c1-8(19)23-14-12(20)13(11-9(16)4-2-5-10(11)17)24-15(14)18-6-3-7-25(18,21)22/h2,4-5,20H,3,6-7H2,1H3. The molecule has 1 aliphatic rings. The van der Waals surface area contributed by atoms with E-state index in [1.165, 1.54) is 12.1 Å². The predicted molar refractivity (Wildman–Crippen MR) is 87.8 cm³/mol. The van der Waals surface area contributed by atoms with Gasteiger partial charge in [0.1, 0.15) is 5.82 Å². The average molecular weight is 390 g/mol. The molecule has 134 valence electrons. The maximum Gasteiger partial charge on any atom is 0.308 e. The Morgan fingerprint density at radius 3 is 2.72 bits per heavy atom. The highest BCUT2D eigenvalue weighted by atomic mass is 35.5. The number of sulfonamides is 1. The van der Waals surface area contributed by atoms with E-state index in [0.29, 0.717) is 6.42 Å². The fourth-order valence-electron chi connectivity index (χ4n) is 2.55. The van der Waals surface area contributed by atoms with Crippen LogP contribution in [0.4, 0.5) is 10.3 Å². The molecule has 1 fully saturated rings. The van der Waals surface area contributed by atoms with Gasteiger partial charge < -0.3 is 14.3 Å². The first-order valence-electron chi connectivity index (χ1n) is 7.21. The van der Waals surface area contributed by atoms with Gasteiger partial charge in [0, 0.05) is 13.5 Å². The Balaban J connectivity index is 2.24. The van der Waals surface area contributed by atoms with Crippen LogP contribution in [0.3, 0.4) is 0 Å². The Labute approximate surface area is 147 Å². The molecular weight excluding hydrogens is 377 g/mol. The number of carbonyl (C=O) groups is 1. The van der Waals surface area contributed by atoms with Crippen LogP contribution in [0.2, 0.25) is 5.02 Å². The molecule has 1 N–H and O–H groups in total. The molecule has 1 saturated heterocycles. The molecule has 0 unspecified atom stereocenters. The van der Waals surface area contributed by atoms with Crippen LogP contribution in [0, 0.1) is 5.82 Å². The summed E-state index contributed by atoms with van der Waals surface area (Å²) < 4.78 is 49.6. The Bertz CT molecular complexity index is 935. The molecule has 0 spiro atoms. The zero-order chi connectivity index (χ0) is 18.4. The number of nitrogens with zero attached hydrogens (tertiary/aromatic N) is 1. The van der Waals surface area contributed by atoms with Crippen LogP contribution in [-0.2, 0) is 14.8 Å². The molecule has 2 heterocycles. The first-order valence-corrected chi connectivity index (χ1v) is 9.20. The van der Waals surface area contributed by atoms with E-state index in [1.54, 1.807) is 0 Å². The third-order valence-electron chi connectivity index (χ3n) is 3.58. The topological polar surface area (TPSA) is 97.0 Å². The smallest absolute Gasteiger partial charge is 0.308 e. The van der Waals surface area contributed by atoms with Crippen LogP contribution in [0.15, 0.2) is 22.6 Å². The number of hydrogen-bond donors (Lipinski definition) is 1. The van der Waals surface area contributed by atoms with Gasteiger partial charge in [-0.3, -0.25) is 4.79 Å². The molecule has 1 aromatic carbocycles. The van der Waals surface area contributed by atoms with Crippen molar-refractivity contribution in [2.24, 2.45) is 0 Å². The molecule has 0 atom stereocenters. The lowest BCUT2D eigenvalue weighted by atomic mass is 10.1. The van der Waals surface area contributed by atoms with E-state index in [-0.39, 0.29) is 28.8 Å². The summed E-state index contributed by atoms with van der Waals surface area (Å²) in [5, 5.41) is 10.3. The molecule has 7 nitrogen and oxygen atoms in total. The zero-order valence-corrected chi connectivity index (χ0v) is 14.5. The first-order chi connectivity index (χ1) is 11.7. The summed E-state index contributed by atoms with van der Waals surface area (Å²) >= 11 is 5.97. The zero-order valence-electron chi connectivity index (χ0n) is 13.0. The molecule has 1 aliphatic heterocycles. The summed E-state index contributed by atoms with van der Waals surface area (Å²) in [5.41, 5.74) is -0.266. The summed E-state index contributed by atoms with van der Waals surface area (Å²) in [6, 6.07) is 3.83. The minimum Gasteiger partial charge on any atom is -0.502 e. The van der Waals surface area contributed by atoms with E-state index in [0.717, 1.165) is 17.3 Å². The molecule has 25 heavy (non-hydrogen) atoms. The van der Waals surface area contributed by atoms with E-state index in [4.69, 9.17) is 20.8 Å². The van der Waals surface area contributed by atoms with Crippen LogP contribution in [0.1, 0.15) is 13.3 Å². The molecule has 3 rings (SSSR count). The summed E-state index contributed by atoms with van der Waals surface area (Å²) in [6.45, 7) is 1.15. The fraction of sp³-hybridized carbons (Fsp3) is 0.267.